The van der Waals surface area contributed by atoms with Gasteiger partial charge in [0.1, 0.15) is 0 Å². The second kappa shape index (κ2) is 3.83. The third kappa shape index (κ3) is 1.73. The van der Waals surface area contributed by atoms with Gasteiger partial charge in [-0.15, -0.1) is 0 Å². The average Bonchev–Trinajstić information content (AvgIpc) is 2.48. The minimum Gasteiger partial charge on any atom is -0.550 e. The minimum absolute atomic E-state index is 0.0170. The van der Waals surface area contributed by atoms with Gasteiger partial charge in [0.15, 0.2) is 0 Å². The van der Waals surface area contributed by atoms with Crippen LogP contribution in [0.2, 0.25) is 0 Å². The highest BCUT2D eigenvalue weighted by molar-refractivity contribution is 5.78. The van der Waals surface area contributed by atoms with E-state index in [1.165, 1.54) is 0 Å². The zero-order chi connectivity index (χ0) is 11.0. The van der Waals surface area contributed by atoms with Gasteiger partial charge in [0.2, 0.25) is 0 Å². The second-order valence-electron chi connectivity index (χ2n) is 4.72. The number of carbonyl (C=O) groups excluding carboxylic acids is 2. The Morgan fingerprint density at radius 1 is 0.800 bits per heavy atom. The van der Waals surface area contributed by atoms with E-state index in [2.05, 4.69) is 0 Å². The fourth-order valence-corrected chi connectivity index (χ4v) is 3.34. The number of rotatable bonds is 2. The summed E-state index contributed by atoms with van der Waals surface area (Å²) in [5.74, 6) is -4.10. The lowest BCUT2D eigenvalue weighted by molar-refractivity contribution is -0.332. The monoisotopic (exact) mass is 210 g/mol. The van der Waals surface area contributed by atoms with Crippen molar-refractivity contribution in [1.29, 1.82) is 0 Å². The van der Waals surface area contributed by atoms with Crippen molar-refractivity contribution in [3.8, 4) is 0 Å². The predicted molar refractivity (Wildman–Crippen MR) is 47.1 cm³/mol. The number of aliphatic carboxylic acids is 2. The summed E-state index contributed by atoms with van der Waals surface area (Å²) < 4.78 is 0. The molecule has 3 aliphatic rings. The molecule has 0 aromatic heterocycles. The van der Waals surface area contributed by atoms with E-state index in [0.29, 0.717) is 0 Å². The Morgan fingerprint density at radius 3 is 1.53 bits per heavy atom. The Balaban J connectivity index is 2.31. The van der Waals surface area contributed by atoms with Gasteiger partial charge in [-0.25, -0.2) is 0 Å². The summed E-state index contributed by atoms with van der Waals surface area (Å²) in [5.41, 5.74) is 0. The first-order chi connectivity index (χ1) is 7.11. The molecule has 0 aromatic rings. The second-order valence-corrected chi connectivity index (χ2v) is 4.72. The van der Waals surface area contributed by atoms with Crippen molar-refractivity contribution in [3.05, 3.63) is 0 Å². The van der Waals surface area contributed by atoms with Crippen LogP contribution < -0.4 is 10.2 Å². The molecule has 2 bridgehead atoms. The van der Waals surface area contributed by atoms with Gasteiger partial charge in [-0.2, -0.15) is 0 Å². The molecule has 0 aliphatic heterocycles. The fraction of sp³-hybridized carbons (Fsp3) is 0.818. The molecular formula is C11H14O4-2. The van der Waals surface area contributed by atoms with Gasteiger partial charge in [0.05, 0.1) is 0 Å². The van der Waals surface area contributed by atoms with Crippen LogP contribution in [0.1, 0.15) is 32.1 Å². The molecule has 0 radical (unpaired) electrons. The SMILES string of the molecule is O=C([O-])[C@@H]1[C@H]2CCC[C@H](CC2)[C@@H]1C(=O)[O-]. The lowest BCUT2D eigenvalue weighted by atomic mass is 9.68. The van der Waals surface area contributed by atoms with Gasteiger partial charge in [0, 0.05) is 23.8 Å². The number of carbonyl (C=O) groups is 2. The van der Waals surface area contributed by atoms with Crippen molar-refractivity contribution in [3.63, 3.8) is 0 Å². The number of hydrogen-bond acceptors (Lipinski definition) is 4. The first-order valence-corrected chi connectivity index (χ1v) is 5.53. The van der Waals surface area contributed by atoms with E-state index in [0.717, 1.165) is 32.1 Å². The largest absolute Gasteiger partial charge is 0.550 e. The minimum atomic E-state index is -1.21. The topological polar surface area (TPSA) is 80.3 Å². The predicted octanol–water partition coefficient (Wildman–Crippen LogP) is -1.07. The fourth-order valence-electron chi connectivity index (χ4n) is 3.34. The van der Waals surface area contributed by atoms with E-state index in [-0.39, 0.29) is 11.8 Å². The van der Waals surface area contributed by atoms with Crippen molar-refractivity contribution in [2.24, 2.45) is 23.7 Å². The molecule has 0 aromatic carbocycles. The summed E-state index contributed by atoms with van der Waals surface area (Å²) in [7, 11) is 0. The summed E-state index contributed by atoms with van der Waals surface area (Å²) in [5, 5.41) is 22.0. The molecule has 3 rings (SSSR count). The number of carboxylic acids is 2. The van der Waals surface area contributed by atoms with Crippen LogP contribution >= 0.6 is 0 Å². The van der Waals surface area contributed by atoms with Gasteiger partial charge >= 0.3 is 0 Å². The summed E-state index contributed by atoms with van der Waals surface area (Å²) in [6.07, 6.45) is 4.22. The van der Waals surface area contributed by atoms with E-state index in [1.807, 2.05) is 0 Å². The normalized spacial score (nSPS) is 39.7. The van der Waals surface area contributed by atoms with Crippen LogP contribution in [0.4, 0.5) is 0 Å². The van der Waals surface area contributed by atoms with Crippen LogP contribution in [0.3, 0.4) is 0 Å². The Bertz CT molecular complexity index is 254. The molecule has 0 unspecified atom stereocenters. The molecule has 0 saturated heterocycles. The summed E-state index contributed by atoms with van der Waals surface area (Å²) in [4.78, 5) is 22.0. The average molecular weight is 210 g/mol. The molecule has 84 valence electrons. The van der Waals surface area contributed by atoms with Crippen molar-refractivity contribution < 1.29 is 19.8 Å². The highest BCUT2D eigenvalue weighted by Gasteiger charge is 2.42. The highest BCUT2D eigenvalue weighted by Crippen LogP contribution is 2.46. The molecule has 4 heteroatoms. The maximum atomic E-state index is 11.0. The molecule has 4 atom stereocenters. The van der Waals surface area contributed by atoms with Crippen molar-refractivity contribution in [2.75, 3.05) is 0 Å². The molecule has 4 nitrogen and oxygen atoms in total. The van der Waals surface area contributed by atoms with Crippen LogP contribution in [-0.2, 0) is 9.59 Å². The summed E-state index contributed by atoms with van der Waals surface area (Å²) in [6.45, 7) is 0. The smallest absolute Gasteiger partial charge is 0.0454 e. The zero-order valence-electron chi connectivity index (χ0n) is 8.48. The van der Waals surface area contributed by atoms with Gasteiger partial charge in [-0.3, -0.25) is 0 Å². The van der Waals surface area contributed by atoms with Gasteiger partial charge in [0.25, 0.3) is 0 Å². The van der Waals surface area contributed by atoms with Crippen LogP contribution in [0.15, 0.2) is 0 Å². The van der Waals surface area contributed by atoms with Crippen molar-refractivity contribution in [2.45, 2.75) is 32.1 Å². The van der Waals surface area contributed by atoms with E-state index in [1.54, 1.807) is 0 Å². The standard InChI is InChI=1S/C11H16O4/c12-10(13)8-6-2-1-3-7(5-4-6)9(8)11(14)15/h6-9H,1-5H2,(H,12,13)(H,14,15)/p-2/t6-,7+,8+,9-. The van der Waals surface area contributed by atoms with Crippen LogP contribution in [-0.4, -0.2) is 11.9 Å². The van der Waals surface area contributed by atoms with Gasteiger partial charge < -0.3 is 19.8 Å². The Hall–Kier alpha value is -1.06. The van der Waals surface area contributed by atoms with Gasteiger partial charge in [-0.05, 0) is 37.5 Å². The highest BCUT2D eigenvalue weighted by atomic mass is 16.4. The van der Waals surface area contributed by atoms with Crippen LogP contribution in [0, 0.1) is 23.7 Å². The Labute approximate surface area is 88.3 Å². The first-order valence-electron chi connectivity index (χ1n) is 5.53. The molecular weight excluding hydrogens is 196 g/mol. The third-order valence-corrected chi connectivity index (χ3v) is 4.01. The zero-order valence-corrected chi connectivity index (χ0v) is 8.48. The number of carboxylic acid groups (broad SMARTS) is 2. The summed E-state index contributed by atoms with van der Waals surface area (Å²) in [6, 6.07) is 0. The number of fused-ring (bicyclic) bond motifs is 4. The van der Waals surface area contributed by atoms with E-state index >= 15 is 0 Å². The third-order valence-electron chi connectivity index (χ3n) is 4.01. The lowest BCUT2D eigenvalue weighted by Gasteiger charge is -2.41. The van der Waals surface area contributed by atoms with E-state index < -0.39 is 23.8 Å². The molecule has 3 aliphatic carbocycles. The lowest BCUT2D eigenvalue weighted by Crippen LogP contribution is -2.51. The van der Waals surface area contributed by atoms with E-state index in [4.69, 9.17) is 0 Å². The maximum absolute atomic E-state index is 11.0. The first kappa shape index (κ1) is 10.5. The van der Waals surface area contributed by atoms with Crippen molar-refractivity contribution >= 4 is 11.9 Å². The molecule has 15 heavy (non-hydrogen) atoms. The quantitative estimate of drug-likeness (QED) is 0.581. The number of hydrogen-bond donors (Lipinski definition) is 0. The molecule has 0 spiro atoms. The maximum Gasteiger partial charge on any atom is 0.0454 e. The van der Waals surface area contributed by atoms with Crippen LogP contribution in [0.25, 0.3) is 0 Å². The van der Waals surface area contributed by atoms with Crippen molar-refractivity contribution in [1.82, 2.24) is 0 Å². The molecule has 0 heterocycles. The summed E-state index contributed by atoms with van der Waals surface area (Å²) >= 11 is 0. The molecule has 0 N–H and O–H groups in total. The molecule has 3 fully saturated rings. The Kier molecular flexibility index (Phi) is 2.67. The van der Waals surface area contributed by atoms with Gasteiger partial charge in [-0.1, -0.05) is 6.42 Å². The molecule has 0 amide bonds. The Morgan fingerprint density at radius 2 is 1.20 bits per heavy atom. The molecule has 3 saturated carbocycles. The van der Waals surface area contributed by atoms with Crippen LogP contribution in [0.5, 0.6) is 0 Å². The van der Waals surface area contributed by atoms with E-state index in [9.17, 15) is 19.8 Å².